The summed E-state index contributed by atoms with van der Waals surface area (Å²) < 4.78 is 4.95. The van der Waals surface area contributed by atoms with Gasteiger partial charge in [0.1, 0.15) is 11.3 Å². The highest BCUT2D eigenvalue weighted by molar-refractivity contribution is 5.29. The highest BCUT2D eigenvalue weighted by Gasteiger charge is 2.42. The third kappa shape index (κ3) is 2.34. The Morgan fingerprint density at radius 2 is 2.47 bits per heavy atom. The molecule has 1 rings (SSSR count). The average molecular weight is 214 g/mol. The Kier molecular flexibility index (Phi) is 3.43. The maximum atomic E-state index is 10.8. The van der Waals surface area contributed by atoms with Crippen LogP contribution in [0.3, 0.4) is 0 Å². The van der Waals surface area contributed by atoms with Crippen molar-refractivity contribution in [2.24, 2.45) is 5.73 Å². The molecule has 0 aromatic heterocycles. The minimum Gasteiger partial charge on any atom is -0.497 e. The van der Waals surface area contributed by atoms with E-state index in [4.69, 9.17) is 15.6 Å². The van der Waals surface area contributed by atoms with E-state index in [0.717, 1.165) is 0 Å². The summed E-state index contributed by atoms with van der Waals surface area (Å²) in [6.07, 6.45) is 4.50. The molecule has 0 aromatic rings. The summed E-state index contributed by atoms with van der Waals surface area (Å²) in [7, 11) is 1.46. The zero-order valence-electron chi connectivity index (χ0n) is 8.42. The lowest BCUT2D eigenvalue weighted by atomic mass is 9.84. The minimum atomic E-state index is -1.18. The van der Waals surface area contributed by atoms with Crippen molar-refractivity contribution >= 4 is 0 Å². The van der Waals surface area contributed by atoms with Crippen molar-refractivity contribution in [1.82, 2.24) is 0 Å². The number of hydrogen-bond donors (Lipinski definition) is 2. The number of aliphatic hydroxyl groups is 1. The van der Waals surface area contributed by atoms with Crippen LogP contribution in [0.1, 0.15) is 6.42 Å². The molecule has 1 aliphatic rings. The van der Waals surface area contributed by atoms with E-state index in [1.54, 1.807) is 0 Å². The summed E-state index contributed by atoms with van der Waals surface area (Å²) in [5.74, 6) is 0.476. The molecular formula is C9H14N2O4. The first-order chi connectivity index (χ1) is 7.03. The van der Waals surface area contributed by atoms with Gasteiger partial charge in [-0.2, -0.15) is 0 Å². The molecule has 2 atom stereocenters. The van der Waals surface area contributed by atoms with Crippen LogP contribution < -0.4 is 5.73 Å². The normalized spacial score (nSPS) is 29.8. The van der Waals surface area contributed by atoms with E-state index < -0.39 is 16.5 Å². The van der Waals surface area contributed by atoms with E-state index in [0.29, 0.717) is 5.76 Å². The summed E-state index contributed by atoms with van der Waals surface area (Å²) in [5, 5.41) is 19.6. The largest absolute Gasteiger partial charge is 0.497 e. The molecule has 2 unspecified atom stereocenters. The van der Waals surface area contributed by atoms with Crippen LogP contribution in [0.4, 0.5) is 0 Å². The molecule has 0 saturated carbocycles. The van der Waals surface area contributed by atoms with Crippen molar-refractivity contribution in [3.63, 3.8) is 0 Å². The molecule has 0 bridgehead atoms. The number of aliphatic hydroxyl groups excluding tert-OH is 1. The van der Waals surface area contributed by atoms with Gasteiger partial charge in [0.25, 0.3) is 6.04 Å². The van der Waals surface area contributed by atoms with Crippen molar-refractivity contribution in [2.75, 3.05) is 13.7 Å². The number of nitro groups is 1. The summed E-state index contributed by atoms with van der Waals surface area (Å²) in [4.78, 5) is 10.3. The summed E-state index contributed by atoms with van der Waals surface area (Å²) in [5.41, 5.74) is 4.69. The second-order valence-corrected chi connectivity index (χ2v) is 3.43. The Bertz CT molecular complexity index is 313. The molecule has 0 amide bonds. The van der Waals surface area contributed by atoms with Gasteiger partial charge in [0.15, 0.2) is 0 Å². The fraction of sp³-hybridized carbons (Fsp3) is 0.556. The van der Waals surface area contributed by atoms with Gasteiger partial charge in [-0.15, -0.1) is 0 Å². The highest BCUT2D eigenvalue weighted by Crippen LogP contribution is 2.24. The Morgan fingerprint density at radius 1 is 1.80 bits per heavy atom. The van der Waals surface area contributed by atoms with Crippen LogP contribution in [0, 0.1) is 10.1 Å². The van der Waals surface area contributed by atoms with E-state index in [1.165, 1.54) is 25.3 Å². The van der Waals surface area contributed by atoms with Crippen LogP contribution in [-0.2, 0) is 4.74 Å². The smallest absolute Gasteiger partial charge is 0.253 e. The van der Waals surface area contributed by atoms with Gasteiger partial charge in [0, 0.05) is 11.5 Å². The van der Waals surface area contributed by atoms with E-state index >= 15 is 0 Å². The number of hydrogen-bond acceptors (Lipinski definition) is 5. The molecule has 0 heterocycles. The van der Waals surface area contributed by atoms with E-state index in [1.807, 2.05) is 0 Å². The molecule has 0 fully saturated rings. The van der Waals surface area contributed by atoms with Crippen molar-refractivity contribution < 1.29 is 14.8 Å². The molecule has 0 spiro atoms. The van der Waals surface area contributed by atoms with Gasteiger partial charge in [0.05, 0.1) is 7.11 Å². The monoisotopic (exact) mass is 214 g/mol. The lowest BCUT2D eigenvalue weighted by Gasteiger charge is -2.29. The van der Waals surface area contributed by atoms with Crippen molar-refractivity contribution in [1.29, 1.82) is 0 Å². The van der Waals surface area contributed by atoms with Crippen molar-refractivity contribution in [3.8, 4) is 0 Å². The van der Waals surface area contributed by atoms with Crippen LogP contribution >= 0.6 is 0 Å². The molecular weight excluding hydrogens is 200 g/mol. The fourth-order valence-corrected chi connectivity index (χ4v) is 1.57. The maximum absolute atomic E-state index is 10.8. The molecule has 15 heavy (non-hydrogen) atoms. The van der Waals surface area contributed by atoms with Crippen LogP contribution in [0.5, 0.6) is 0 Å². The van der Waals surface area contributed by atoms with E-state index in [2.05, 4.69) is 0 Å². The molecule has 84 valence electrons. The number of nitrogens with zero attached hydrogens (tertiary/aromatic N) is 1. The van der Waals surface area contributed by atoms with Gasteiger partial charge in [0.2, 0.25) is 0 Å². The topological polar surface area (TPSA) is 98.6 Å². The Hall–Kier alpha value is -1.40. The SMILES string of the molecule is COC1=CC(N)(CCO)C([N+](=O)[O-])C=C1. The third-order valence-corrected chi connectivity index (χ3v) is 2.41. The number of allylic oxidation sites excluding steroid dienone is 1. The minimum absolute atomic E-state index is 0.121. The van der Waals surface area contributed by atoms with Crippen molar-refractivity contribution in [3.05, 3.63) is 34.1 Å². The third-order valence-electron chi connectivity index (χ3n) is 2.41. The molecule has 0 aromatic carbocycles. The lowest BCUT2D eigenvalue weighted by molar-refractivity contribution is -0.518. The molecule has 6 nitrogen and oxygen atoms in total. The van der Waals surface area contributed by atoms with Gasteiger partial charge < -0.3 is 15.6 Å². The second kappa shape index (κ2) is 4.41. The standard InChI is InChI=1S/C9H14N2O4/c1-15-7-2-3-8(11(13)14)9(10,6-7)4-5-12/h2-3,6,8,12H,4-5,10H2,1H3. The average Bonchev–Trinajstić information content (AvgIpc) is 2.16. The van der Waals surface area contributed by atoms with Crippen LogP contribution in [0.15, 0.2) is 24.0 Å². The molecule has 3 N–H and O–H groups in total. The highest BCUT2D eigenvalue weighted by atomic mass is 16.6. The fourth-order valence-electron chi connectivity index (χ4n) is 1.57. The van der Waals surface area contributed by atoms with Gasteiger partial charge in [-0.3, -0.25) is 10.1 Å². The first-order valence-electron chi connectivity index (χ1n) is 4.52. The molecule has 0 radical (unpaired) electrons. The van der Waals surface area contributed by atoms with Gasteiger partial charge in [-0.1, -0.05) is 0 Å². The zero-order chi connectivity index (χ0) is 11.5. The number of nitrogens with two attached hydrogens (primary N) is 1. The molecule has 0 aliphatic heterocycles. The Morgan fingerprint density at radius 3 is 2.93 bits per heavy atom. The number of methoxy groups -OCH3 is 1. The summed E-state index contributed by atoms with van der Waals surface area (Å²) in [6, 6.07) is -1.02. The summed E-state index contributed by atoms with van der Waals surface area (Å²) in [6.45, 7) is -0.206. The Labute approximate surface area is 87.2 Å². The second-order valence-electron chi connectivity index (χ2n) is 3.43. The van der Waals surface area contributed by atoms with Crippen LogP contribution in [0.2, 0.25) is 0 Å². The number of ether oxygens (including phenoxy) is 1. The Balaban J connectivity index is 2.99. The molecule has 0 saturated heterocycles. The van der Waals surface area contributed by atoms with Crippen LogP contribution in [-0.4, -0.2) is 35.3 Å². The van der Waals surface area contributed by atoms with Gasteiger partial charge in [-0.25, -0.2) is 0 Å². The lowest BCUT2D eigenvalue weighted by Crippen LogP contribution is -2.53. The van der Waals surface area contributed by atoms with Gasteiger partial charge >= 0.3 is 0 Å². The maximum Gasteiger partial charge on any atom is 0.253 e. The number of rotatable bonds is 4. The predicted molar refractivity (Wildman–Crippen MR) is 53.6 cm³/mol. The summed E-state index contributed by atoms with van der Waals surface area (Å²) >= 11 is 0. The van der Waals surface area contributed by atoms with Gasteiger partial charge in [-0.05, 0) is 24.6 Å². The van der Waals surface area contributed by atoms with Crippen molar-refractivity contribution in [2.45, 2.75) is 18.0 Å². The van der Waals surface area contributed by atoms with Crippen LogP contribution in [0.25, 0.3) is 0 Å². The van der Waals surface area contributed by atoms with E-state index in [-0.39, 0.29) is 13.0 Å². The first kappa shape index (κ1) is 11.7. The predicted octanol–water partition coefficient (Wildman–Crippen LogP) is -0.188. The van der Waals surface area contributed by atoms with E-state index in [9.17, 15) is 10.1 Å². The first-order valence-corrected chi connectivity index (χ1v) is 4.52. The zero-order valence-corrected chi connectivity index (χ0v) is 8.42. The molecule has 1 aliphatic carbocycles. The quantitative estimate of drug-likeness (QED) is 0.499. The molecule has 6 heteroatoms.